The van der Waals surface area contributed by atoms with Crippen molar-refractivity contribution in [2.75, 3.05) is 0 Å². The molecule has 0 atom stereocenters. The van der Waals surface area contributed by atoms with Crippen LogP contribution < -0.4 is 0 Å². The van der Waals surface area contributed by atoms with Crippen LogP contribution in [0.25, 0.3) is 6.08 Å². The first-order chi connectivity index (χ1) is 8.27. The van der Waals surface area contributed by atoms with Crippen LogP contribution >= 0.6 is 0 Å². The minimum atomic E-state index is 1.02. The summed E-state index contributed by atoms with van der Waals surface area (Å²) in [5.41, 5.74) is 5.25. The summed E-state index contributed by atoms with van der Waals surface area (Å²) in [4.78, 5) is 0. The normalized spacial score (nSPS) is 15.6. The van der Waals surface area contributed by atoms with E-state index in [1.165, 1.54) is 22.3 Å². The van der Waals surface area contributed by atoms with Crippen LogP contribution in [0, 0.1) is 6.92 Å². The van der Waals surface area contributed by atoms with Gasteiger partial charge in [0.25, 0.3) is 0 Å². The molecule has 0 bridgehead atoms. The van der Waals surface area contributed by atoms with Gasteiger partial charge in [0.2, 0.25) is 0 Å². The van der Waals surface area contributed by atoms with Crippen LogP contribution in [0.5, 0.6) is 0 Å². The second-order valence-corrected chi connectivity index (χ2v) is 4.36. The zero-order valence-corrected chi connectivity index (χ0v) is 10.5. The van der Waals surface area contributed by atoms with Crippen molar-refractivity contribution < 1.29 is 0 Å². The van der Waals surface area contributed by atoms with E-state index in [9.17, 15) is 0 Å². The number of aryl methyl sites for hydroxylation is 1. The van der Waals surface area contributed by atoms with Gasteiger partial charge in [0, 0.05) is 0 Å². The highest BCUT2D eigenvalue weighted by Gasteiger charge is 1.97. The summed E-state index contributed by atoms with van der Waals surface area (Å²) < 4.78 is 0. The molecular weight excluding hydrogens is 204 g/mol. The van der Waals surface area contributed by atoms with Gasteiger partial charge in [-0.3, -0.25) is 0 Å². The third-order valence-electron chi connectivity index (χ3n) is 3.04. The van der Waals surface area contributed by atoms with E-state index >= 15 is 0 Å². The highest BCUT2D eigenvalue weighted by molar-refractivity contribution is 5.59. The maximum absolute atomic E-state index is 2.27. The monoisotopic (exact) mass is 222 g/mol. The highest BCUT2D eigenvalue weighted by atomic mass is 14.0. The second-order valence-electron chi connectivity index (χ2n) is 4.36. The van der Waals surface area contributed by atoms with Gasteiger partial charge in [0.05, 0.1) is 0 Å². The van der Waals surface area contributed by atoms with E-state index in [4.69, 9.17) is 0 Å². The van der Waals surface area contributed by atoms with Crippen molar-refractivity contribution in [1.82, 2.24) is 0 Å². The van der Waals surface area contributed by atoms with Gasteiger partial charge in [-0.2, -0.15) is 0 Å². The lowest BCUT2D eigenvalue weighted by molar-refractivity contribution is 1.35. The van der Waals surface area contributed by atoms with Gasteiger partial charge in [0.1, 0.15) is 0 Å². The molecule has 17 heavy (non-hydrogen) atoms. The molecule has 86 valence electrons. The molecule has 0 aliphatic heterocycles. The van der Waals surface area contributed by atoms with Crippen molar-refractivity contribution in [1.29, 1.82) is 0 Å². The number of hydrogen-bond acceptors (Lipinski definition) is 0. The molecule has 1 aliphatic rings. The molecule has 0 nitrogen and oxygen atoms in total. The first-order valence-electron chi connectivity index (χ1n) is 6.05. The summed E-state index contributed by atoms with van der Waals surface area (Å²) in [6.07, 6.45) is 14.2. The topological polar surface area (TPSA) is 0 Å². The second kappa shape index (κ2) is 5.49. The average molecular weight is 222 g/mol. The fraction of sp³-hybridized carbons (Fsp3) is 0.176. The van der Waals surface area contributed by atoms with E-state index in [0.717, 1.165) is 6.42 Å². The van der Waals surface area contributed by atoms with Gasteiger partial charge in [0.15, 0.2) is 0 Å². The number of rotatable bonds is 2. The van der Waals surface area contributed by atoms with Crippen molar-refractivity contribution >= 4 is 6.08 Å². The van der Waals surface area contributed by atoms with E-state index in [1.807, 2.05) is 0 Å². The fourth-order valence-corrected chi connectivity index (χ4v) is 1.90. The van der Waals surface area contributed by atoms with Gasteiger partial charge in [-0.15, -0.1) is 0 Å². The van der Waals surface area contributed by atoms with Crippen molar-refractivity contribution in [3.05, 3.63) is 76.9 Å². The lowest BCUT2D eigenvalue weighted by Gasteiger charge is -2.02. The summed E-state index contributed by atoms with van der Waals surface area (Å²) >= 11 is 0. The van der Waals surface area contributed by atoms with Gasteiger partial charge in [-0.05, 0) is 42.5 Å². The standard InChI is InChI=1S/C17H18/c1-14-8-4-3-5-10-16(14)12-13-17-11-7-6-9-15(17)2/h3-4,6-13H,5H2,1-2H3/b13-12-. The SMILES string of the molecule is CC1=CC=CCC=C1/C=C\c1ccccc1C. The Morgan fingerprint density at radius 3 is 2.71 bits per heavy atom. The Bertz CT molecular complexity index is 511. The number of benzene rings is 1. The molecule has 2 rings (SSSR count). The third-order valence-corrected chi connectivity index (χ3v) is 3.04. The molecule has 0 saturated heterocycles. The molecule has 0 spiro atoms. The van der Waals surface area contributed by atoms with Crippen LogP contribution in [0.2, 0.25) is 0 Å². The molecule has 0 N–H and O–H groups in total. The molecule has 0 heteroatoms. The maximum atomic E-state index is 2.27. The van der Waals surface area contributed by atoms with Crippen LogP contribution in [0.4, 0.5) is 0 Å². The van der Waals surface area contributed by atoms with Crippen molar-refractivity contribution in [3.63, 3.8) is 0 Å². The van der Waals surface area contributed by atoms with Gasteiger partial charge < -0.3 is 0 Å². The molecule has 1 aromatic rings. The van der Waals surface area contributed by atoms with Gasteiger partial charge in [-0.25, -0.2) is 0 Å². The first kappa shape index (κ1) is 11.7. The molecule has 1 aromatic carbocycles. The largest absolute Gasteiger partial charge is 0.0807 e. The molecule has 0 saturated carbocycles. The summed E-state index contributed by atoms with van der Waals surface area (Å²) in [6, 6.07) is 8.46. The van der Waals surface area contributed by atoms with E-state index < -0.39 is 0 Å². The summed E-state index contributed by atoms with van der Waals surface area (Å²) in [5, 5.41) is 0. The Morgan fingerprint density at radius 1 is 1.06 bits per heavy atom. The van der Waals surface area contributed by atoms with Crippen molar-refractivity contribution in [2.24, 2.45) is 0 Å². The van der Waals surface area contributed by atoms with Crippen molar-refractivity contribution in [3.8, 4) is 0 Å². The van der Waals surface area contributed by atoms with Crippen LogP contribution in [0.1, 0.15) is 24.5 Å². The zero-order valence-electron chi connectivity index (χ0n) is 10.5. The van der Waals surface area contributed by atoms with Crippen LogP contribution in [-0.4, -0.2) is 0 Å². The van der Waals surface area contributed by atoms with E-state index in [2.05, 4.69) is 74.6 Å². The number of allylic oxidation sites excluding steroid dienone is 7. The van der Waals surface area contributed by atoms with Crippen LogP contribution in [-0.2, 0) is 0 Å². The van der Waals surface area contributed by atoms with E-state index in [1.54, 1.807) is 0 Å². The lowest BCUT2D eigenvalue weighted by Crippen LogP contribution is -1.82. The average Bonchev–Trinajstić information content (AvgIpc) is 2.53. The predicted octanol–water partition coefficient (Wildman–Crippen LogP) is 4.84. The Morgan fingerprint density at radius 2 is 1.88 bits per heavy atom. The van der Waals surface area contributed by atoms with Crippen LogP contribution in [0.3, 0.4) is 0 Å². The highest BCUT2D eigenvalue weighted by Crippen LogP contribution is 2.18. The summed E-state index contributed by atoms with van der Waals surface area (Å²) in [6.45, 7) is 4.30. The minimum absolute atomic E-state index is 1.02. The molecular formula is C17H18. The Balaban J connectivity index is 2.22. The van der Waals surface area contributed by atoms with E-state index in [-0.39, 0.29) is 0 Å². The van der Waals surface area contributed by atoms with Gasteiger partial charge >= 0.3 is 0 Å². The van der Waals surface area contributed by atoms with Crippen LogP contribution in [0.15, 0.2) is 65.8 Å². The number of hydrogen-bond donors (Lipinski definition) is 0. The maximum Gasteiger partial charge on any atom is -0.0157 e. The predicted molar refractivity (Wildman–Crippen MR) is 75.8 cm³/mol. The molecule has 0 radical (unpaired) electrons. The van der Waals surface area contributed by atoms with E-state index in [0.29, 0.717) is 0 Å². The minimum Gasteiger partial charge on any atom is -0.0807 e. The summed E-state index contributed by atoms with van der Waals surface area (Å²) in [5.74, 6) is 0. The molecule has 0 fully saturated rings. The zero-order chi connectivity index (χ0) is 12.1. The Hall–Kier alpha value is -1.82. The molecule has 0 amide bonds. The summed E-state index contributed by atoms with van der Waals surface area (Å²) in [7, 11) is 0. The third kappa shape index (κ3) is 3.07. The van der Waals surface area contributed by atoms with Crippen molar-refractivity contribution in [2.45, 2.75) is 20.3 Å². The smallest absolute Gasteiger partial charge is 0.0157 e. The molecule has 0 aromatic heterocycles. The Labute approximate surface area is 104 Å². The lowest BCUT2D eigenvalue weighted by atomic mass is 10.0. The van der Waals surface area contributed by atoms with Gasteiger partial charge in [-0.1, -0.05) is 60.7 Å². The Kier molecular flexibility index (Phi) is 3.77. The molecule has 0 unspecified atom stereocenters. The molecule has 1 aliphatic carbocycles. The first-order valence-corrected chi connectivity index (χ1v) is 6.05. The molecule has 0 heterocycles. The fourth-order valence-electron chi connectivity index (χ4n) is 1.90. The quantitative estimate of drug-likeness (QED) is 0.671.